The number of methoxy groups -OCH3 is 1. The van der Waals surface area contributed by atoms with E-state index in [9.17, 15) is 4.79 Å². The summed E-state index contributed by atoms with van der Waals surface area (Å²) in [6, 6.07) is 29.5. The standard InChI is InChI=1S/C28H26O5/c1-30-28(29)19-24-13-7-8-14-25(24)31-15-16-32-26-17-22-11-5-6-12-23(22)18-27(26)33-20-21-9-3-2-4-10-21/h2-14,17-18H,15-16,19-20H2,1H3. The van der Waals surface area contributed by atoms with Crippen LogP contribution < -0.4 is 14.2 Å². The summed E-state index contributed by atoms with van der Waals surface area (Å²) < 4.78 is 22.8. The van der Waals surface area contributed by atoms with E-state index < -0.39 is 0 Å². The zero-order valence-corrected chi connectivity index (χ0v) is 18.5. The third-order valence-electron chi connectivity index (χ3n) is 5.18. The van der Waals surface area contributed by atoms with Crippen LogP contribution in [0.25, 0.3) is 10.8 Å². The molecule has 168 valence electrons. The first-order valence-corrected chi connectivity index (χ1v) is 10.8. The van der Waals surface area contributed by atoms with Gasteiger partial charge in [0.15, 0.2) is 11.5 Å². The van der Waals surface area contributed by atoms with Crippen LogP contribution in [0.15, 0.2) is 91.0 Å². The molecule has 4 rings (SSSR count). The molecule has 4 aromatic rings. The van der Waals surface area contributed by atoms with Crippen molar-refractivity contribution < 1.29 is 23.7 Å². The van der Waals surface area contributed by atoms with E-state index in [1.54, 1.807) is 0 Å². The predicted molar refractivity (Wildman–Crippen MR) is 128 cm³/mol. The van der Waals surface area contributed by atoms with E-state index in [2.05, 4.69) is 6.07 Å². The lowest BCUT2D eigenvalue weighted by Gasteiger charge is -2.15. The van der Waals surface area contributed by atoms with Crippen molar-refractivity contribution in [3.05, 3.63) is 102 Å². The molecule has 0 aromatic heterocycles. The second-order valence-corrected chi connectivity index (χ2v) is 7.48. The van der Waals surface area contributed by atoms with Crippen molar-refractivity contribution in [2.24, 2.45) is 0 Å². The highest BCUT2D eigenvalue weighted by atomic mass is 16.5. The molecule has 5 heteroatoms. The third kappa shape index (κ3) is 6.04. The lowest BCUT2D eigenvalue weighted by molar-refractivity contribution is -0.139. The van der Waals surface area contributed by atoms with Gasteiger partial charge in [-0.05, 0) is 34.5 Å². The first-order chi connectivity index (χ1) is 16.2. The minimum Gasteiger partial charge on any atom is -0.490 e. The van der Waals surface area contributed by atoms with Gasteiger partial charge in [-0.2, -0.15) is 0 Å². The smallest absolute Gasteiger partial charge is 0.310 e. The molecule has 0 heterocycles. The molecule has 0 amide bonds. The molecule has 0 unspecified atom stereocenters. The monoisotopic (exact) mass is 442 g/mol. The predicted octanol–water partition coefficient (Wildman–Crippen LogP) is 5.59. The van der Waals surface area contributed by atoms with Gasteiger partial charge in [0.05, 0.1) is 13.5 Å². The summed E-state index contributed by atoms with van der Waals surface area (Å²) in [7, 11) is 1.38. The zero-order valence-electron chi connectivity index (χ0n) is 18.5. The Morgan fingerprint density at radius 1 is 0.667 bits per heavy atom. The van der Waals surface area contributed by atoms with Crippen molar-refractivity contribution in [2.75, 3.05) is 20.3 Å². The molecule has 0 aliphatic carbocycles. The fourth-order valence-electron chi connectivity index (χ4n) is 3.48. The molecule has 0 radical (unpaired) electrons. The first-order valence-electron chi connectivity index (χ1n) is 10.8. The van der Waals surface area contributed by atoms with Gasteiger partial charge in [-0.3, -0.25) is 4.79 Å². The fourth-order valence-corrected chi connectivity index (χ4v) is 3.48. The van der Waals surface area contributed by atoms with Crippen LogP contribution in [0.4, 0.5) is 0 Å². The number of rotatable bonds is 10. The van der Waals surface area contributed by atoms with Crippen LogP contribution in [-0.4, -0.2) is 26.3 Å². The topological polar surface area (TPSA) is 54.0 Å². The molecule has 0 bridgehead atoms. The van der Waals surface area contributed by atoms with Crippen molar-refractivity contribution in [2.45, 2.75) is 13.0 Å². The van der Waals surface area contributed by atoms with E-state index in [0.717, 1.165) is 21.9 Å². The van der Waals surface area contributed by atoms with Gasteiger partial charge < -0.3 is 18.9 Å². The van der Waals surface area contributed by atoms with E-state index >= 15 is 0 Å². The van der Waals surface area contributed by atoms with Crippen LogP contribution in [0.3, 0.4) is 0 Å². The molecule has 0 aliphatic heterocycles. The second-order valence-electron chi connectivity index (χ2n) is 7.48. The second kappa shape index (κ2) is 11.0. The number of carbonyl (C=O) groups excluding carboxylic acids is 1. The number of benzene rings is 4. The molecule has 0 N–H and O–H groups in total. The highest BCUT2D eigenvalue weighted by Gasteiger charge is 2.11. The van der Waals surface area contributed by atoms with Crippen LogP contribution in [0.1, 0.15) is 11.1 Å². The molecule has 5 nitrogen and oxygen atoms in total. The van der Waals surface area contributed by atoms with Gasteiger partial charge >= 0.3 is 5.97 Å². The molecule has 0 atom stereocenters. The number of esters is 1. The Bertz CT molecular complexity index is 1200. The van der Waals surface area contributed by atoms with Gasteiger partial charge in [0.25, 0.3) is 0 Å². The Hall–Kier alpha value is -3.99. The van der Waals surface area contributed by atoms with Gasteiger partial charge in [0, 0.05) is 5.56 Å². The van der Waals surface area contributed by atoms with Gasteiger partial charge in [-0.1, -0.05) is 72.8 Å². The Morgan fingerprint density at radius 3 is 1.94 bits per heavy atom. The number of fused-ring (bicyclic) bond motifs is 1. The zero-order chi connectivity index (χ0) is 22.9. The molecule has 0 saturated carbocycles. The maximum absolute atomic E-state index is 11.6. The van der Waals surface area contributed by atoms with Crippen LogP contribution in [0.2, 0.25) is 0 Å². The molecular formula is C28H26O5. The highest BCUT2D eigenvalue weighted by Crippen LogP contribution is 2.33. The van der Waals surface area contributed by atoms with E-state index in [1.807, 2.05) is 84.9 Å². The normalized spacial score (nSPS) is 10.6. The van der Waals surface area contributed by atoms with Crippen molar-refractivity contribution in [3.8, 4) is 17.2 Å². The van der Waals surface area contributed by atoms with Crippen molar-refractivity contribution in [1.82, 2.24) is 0 Å². The molecule has 33 heavy (non-hydrogen) atoms. The Morgan fingerprint density at radius 2 is 1.24 bits per heavy atom. The highest BCUT2D eigenvalue weighted by molar-refractivity contribution is 5.86. The minimum absolute atomic E-state index is 0.162. The van der Waals surface area contributed by atoms with Crippen LogP contribution >= 0.6 is 0 Å². The first kappa shape index (κ1) is 22.2. The molecule has 0 fully saturated rings. The van der Waals surface area contributed by atoms with Crippen molar-refractivity contribution in [3.63, 3.8) is 0 Å². The molecule has 4 aromatic carbocycles. The Labute approximate surface area is 193 Å². The summed E-state index contributed by atoms with van der Waals surface area (Å²) in [5, 5.41) is 2.16. The number of hydrogen-bond acceptors (Lipinski definition) is 5. The number of para-hydroxylation sites is 1. The number of hydrogen-bond donors (Lipinski definition) is 0. The summed E-state index contributed by atoms with van der Waals surface area (Å²) in [5.74, 6) is 1.68. The maximum Gasteiger partial charge on any atom is 0.310 e. The lowest BCUT2D eigenvalue weighted by Crippen LogP contribution is -2.12. The summed E-state index contributed by atoms with van der Waals surface area (Å²) in [5.41, 5.74) is 1.86. The number of carbonyl (C=O) groups is 1. The average Bonchev–Trinajstić information content (AvgIpc) is 2.86. The summed E-state index contributed by atoms with van der Waals surface area (Å²) in [6.45, 7) is 1.10. The van der Waals surface area contributed by atoms with Crippen LogP contribution in [0, 0.1) is 0 Å². The third-order valence-corrected chi connectivity index (χ3v) is 5.18. The summed E-state index contributed by atoms with van der Waals surface area (Å²) in [4.78, 5) is 11.6. The quantitative estimate of drug-likeness (QED) is 0.237. The molecule has 0 spiro atoms. The van der Waals surface area contributed by atoms with Crippen LogP contribution in [-0.2, 0) is 22.6 Å². The van der Waals surface area contributed by atoms with Gasteiger partial charge in [0.1, 0.15) is 25.6 Å². The van der Waals surface area contributed by atoms with Gasteiger partial charge in [-0.25, -0.2) is 0 Å². The van der Waals surface area contributed by atoms with E-state index in [-0.39, 0.29) is 12.4 Å². The molecule has 0 aliphatic rings. The van der Waals surface area contributed by atoms with E-state index in [4.69, 9.17) is 18.9 Å². The largest absolute Gasteiger partial charge is 0.490 e. The lowest BCUT2D eigenvalue weighted by atomic mass is 10.1. The summed E-state index contributed by atoms with van der Waals surface area (Å²) in [6.07, 6.45) is 0.162. The maximum atomic E-state index is 11.6. The van der Waals surface area contributed by atoms with E-state index in [0.29, 0.717) is 37.1 Å². The Kier molecular flexibility index (Phi) is 7.44. The summed E-state index contributed by atoms with van der Waals surface area (Å²) >= 11 is 0. The fraction of sp³-hybridized carbons (Fsp3) is 0.179. The van der Waals surface area contributed by atoms with Crippen molar-refractivity contribution >= 4 is 16.7 Å². The van der Waals surface area contributed by atoms with Gasteiger partial charge in [0.2, 0.25) is 0 Å². The SMILES string of the molecule is COC(=O)Cc1ccccc1OCCOc1cc2ccccc2cc1OCc1ccccc1. The van der Waals surface area contributed by atoms with Crippen molar-refractivity contribution in [1.29, 1.82) is 0 Å². The minimum atomic E-state index is -0.307. The molecule has 0 saturated heterocycles. The molecular weight excluding hydrogens is 416 g/mol. The number of ether oxygens (including phenoxy) is 4. The average molecular weight is 443 g/mol. The van der Waals surface area contributed by atoms with E-state index in [1.165, 1.54) is 7.11 Å². The Balaban J connectivity index is 1.43. The van der Waals surface area contributed by atoms with Crippen LogP contribution in [0.5, 0.6) is 17.2 Å². The van der Waals surface area contributed by atoms with Gasteiger partial charge in [-0.15, -0.1) is 0 Å².